The van der Waals surface area contributed by atoms with Crippen LogP contribution in [0.1, 0.15) is 18.9 Å². The first kappa shape index (κ1) is 9.97. The fourth-order valence-corrected chi connectivity index (χ4v) is 1.90. The van der Waals surface area contributed by atoms with E-state index in [2.05, 4.69) is 6.08 Å². The maximum atomic E-state index is 11.8. The van der Waals surface area contributed by atoms with E-state index in [1.807, 2.05) is 44.3 Å². The van der Waals surface area contributed by atoms with Gasteiger partial charge in [0, 0.05) is 18.7 Å². The highest BCUT2D eigenvalue weighted by atomic mass is 16.2. The fraction of sp³-hybridized carbons (Fsp3) is 0.308. The molecule has 0 bridgehead atoms. The van der Waals surface area contributed by atoms with E-state index in [-0.39, 0.29) is 11.8 Å². The maximum absolute atomic E-state index is 11.8. The molecule has 1 heterocycles. The van der Waals surface area contributed by atoms with Crippen molar-refractivity contribution in [3.05, 3.63) is 42.0 Å². The smallest absolute Gasteiger partial charge is 0.229 e. The van der Waals surface area contributed by atoms with Crippen LogP contribution in [0, 0.1) is 5.92 Å². The van der Waals surface area contributed by atoms with E-state index < -0.39 is 0 Å². The molecular formula is C13H15NO. The lowest BCUT2D eigenvalue weighted by molar-refractivity contribution is -0.131. The number of hydrogen-bond acceptors (Lipinski definition) is 1. The second-order valence-corrected chi connectivity index (χ2v) is 3.99. The van der Waals surface area contributed by atoms with Crippen molar-refractivity contribution < 1.29 is 4.79 Å². The second kappa shape index (κ2) is 3.89. The Morgan fingerprint density at radius 2 is 1.93 bits per heavy atom. The zero-order valence-corrected chi connectivity index (χ0v) is 9.10. The van der Waals surface area contributed by atoms with Gasteiger partial charge in [-0.15, -0.1) is 0 Å². The van der Waals surface area contributed by atoms with Gasteiger partial charge in [-0.25, -0.2) is 0 Å². The minimum Gasteiger partial charge on any atom is -0.315 e. The summed E-state index contributed by atoms with van der Waals surface area (Å²) in [6.45, 7) is 1.97. The van der Waals surface area contributed by atoms with Crippen LogP contribution in [0.5, 0.6) is 0 Å². The highest BCUT2D eigenvalue weighted by molar-refractivity contribution is 5.90. The fourth-order valence-electron chi connectivity index (χ4n) is 1.90. The van der Waals surface area contributed by atoms with Crippen molar-refractivity contribution in [3.63, 3.8) is 0 Å². The van der Waals surface area contributed by atoms with Gasteiger partial charge >= 0.3 is 0 Å². The number of nitrogens with zero attached hydrogens (tertiary/aromatic N) is 1. The molecule has 0 saturated carbocycles. The molecular weight excluding hydrogens is 186 g/mol. The summed E-state index contributed by atoms with van der Waals surface area (Å²) < 4.78 is 0. The largest absolute Gasteiger partial charge is 0.315 e. The first-order valence-corrected chi connectivity index (χ1v) is 5.23. The molecule has 0 radical (unpaired) electrons. The third-order valence-electron chi connectivity index (χ3n) is 2.85. The van der Waals surface area contributed by atoms with Gasteiger partial charge < -0.3 is 4.90 Å². The number of carbonyl (C=O) groups excluding carboxylic acids is 1. The Hall–Kier alpha value is -1.57. The summed E-state index contributed by atoms with van der Waals surface area (Å²) in [6.07, 6.45) is 2.98. The summed E-state index contributed by atoms with van der Waals surface area (Å²) in [5, 5.41) is 0. The molecule has 0 spiro atoms. The summed E-state index contributed by atoms with van der Waals surface area (Å²) in [5.74, 6) is 0.318. The molecule has 1 aromatic carbocycles. The summed E-state index contributed by atoms with van der Waals surface area (Å²) in [6, 6.07) is 10.0. The highest BCUT2D eigenvalue weighted by Gasteiger charge is 2.24. The molecule has 0 N–H and O–H groups in total. The lowest BCUT2D eigenvalue weighted by Crippen LogP contribution is -2.33. The average molecular weight is 201 g/mol. The first-order valence-electron chi connectivity index (χ1n) is 5.23. The summed E-state index contributed by atoms with van der Waals surface area (Å²) in [7, 11) is 1.84. The van der Waals surface area contributed by atoms with Gasteiger partial charge in [0.05, 0.1) is 0 Å². The predicted molar refractivity (Wildman–Crippen MR) is 61.0 cm³/mol. The minimum absolute atomic E-state index is 0.113. The van der Waals surface area contributed by atoms with Gasteiger partial charge in [0.15, 0.2) is 0 Å². The van der Waals surface area contributed by atoms with E-state index in [9.17, 15) is 4.79 Å². The van der Waals surface area contributed by atoms with Crippen molar-refractivity contribution in [2.24, 2.45) is 5.92 Å². The molecule has 1 amide bonds. The lowest BCUT2D eigenvalue weighted by Gasteiger charge is -2.28. The van der Waals surface area contributed by atoms with Crippen molar-refractivity contribution in [2.75, 3.05) is 7.05 Å². The van der Waals surface area contributed by atoms with Crippen LogP contribution in [-0.4, -0.2) is 17.9 Å². The molecule has 0 saturated heterocycles. The highest BCUT2D eigenvalue weighted by Crippen LogP contribution is 2.26. The maximum Gasteiger partial charge on any atom is 0.229 e. The van der Waals surface area contributed by atoms with Gasteiger partial charge in [0.2, 0.25) is 5.91 Å². The van der Waals surface area contributed by atoms with Gasteiger partial charge in [-0.1, -0.05) is 43.3 Å². The number of carbonyl (C=O) groups is 1. The van der Waals surface area contributed by atoms with Crippen LogP contribution >= 0.6 is 0 Å². The number of hydrogen-bond donors (Lipinski definition) is 0. The van der Waals surface area contributed by atoms with E-state index in [1.165, 1.54) is 0 Å². The normalized spacial score (nSPS) is 21.5. The molecule has 15 heavy (non-hydrogen) atoms. The summed E-state index contributed by atoms with van der Waals surface area (Å²) >= 11 is 0. The van der Waals surface area contributed by atoms with E-state index in [0.29, 0.717) is 0 Å². The van der Waals surface area contributed by atoms with E-state index in [4.69, 9.17) is 0 Å². The minimum atomic E-state index is 0.113. The Morgan fingerprint density at radius 1 is 1.27 bits per heavy atom. The van der Waals surface area contributed by atoms with Crippen molar-refractivity contribution in [1.29, 1.82) is 0 Å². The average Bonchev–Trinajstić information content (AvgIpc) is 2.27. The van der Waals surface area contributed by atoms with E-state index in [1.54, 1.807) is 4.90 Å². The predicted octanol–water partition coefficient (Wildman–Crippen LogP) is 2.53. The molecule has 1 unspecified atom stereocenters. The van der Waals surface area contributed by atoms with Crippen molar-refractivity contribution in [1.82, 2.24) is 4.90 Å². The van der Waals surface area contributed by atoms with Crippen molar-refractivity contribution >= 4 is 11.6 Å². The lowest BCUT2D eigenvalue weighted by atomic mass is 9.98. The molecule has 1 aliphatic heterocycles. The van der Waals surface area contributed by atoms with Gasteiger partial charge in [0.1, 0.15) is 0 Å². The molecule has 1 aromatic rings. The number of rotatable bonds is 1. The Morgan fingerprint density at radius 3 is 2.60 bits per heavy atom. The van der Waals surface area contributed by atoms with Gasteiger partial charge in [-0.3, -0.25) is 4.79 Å². The topological polar surface area (TPSA) is 20.3 Å². The standard InChI is InChI=1S/C13H15NO/c1-10-8-9-12(14(2)13(10)15)11-6-4-3-5-7-11/h3-7,9-10H,8H2,1-2H3. The molecule has 1 atom stereocenters. The van der Waals surface area contributed by atoms with E-state index in [0.717, 1.165) is 17.7 Å². The molecule has 2 heteroatoms. The summed E-state index contributed by atoms with van der Waals surface area (Å²) in [4.78, 5) is 13.5. The second-order valence-electron chi connectivity index (χ2n) is 3.99. The zero-order valence-electron chi connectivity index (χ0n) is 9.10. The van der Waals surface area contributed by atoms with Gasteiger partial charge in [0.25, 0.3) is 0 Å². The van der Waals surface area contributed by atoms with Crippen LogP contribution in [0.25, 0.3) is 5.70 Å². The van der Waals surface area contributed by atoms with Crippen molar-refractivity contribution in [3.8, 4) is 0 Å². The Kier molecular flexibility index (Phi) is 2.58. The molecule has 1 aliphatic rings. The van der Waals surface area contributed by atoms with Crippen LogP contribution in [0.2, 0.25) is 0 Å². The monoisotopic (exact) mass is 201 g/mol. The Balaban J connectivity index is 2.35. The Bertz CT molecular complexity index is 394. The Labute approximate surface area is 90.2 Å². The van der Waals surface area contributed by atoms with Crippen LogP contribution in [0.3, 0.4) is 0 Å². The molecule has 78 valence electrons. The van der Waals surface area contributed by atoms with Crippen LogP contribution < -0.4 is 0 Å². The first-order chi connectivity index (χ1) is 7.20. The number of benzene rings is 1. The van der Waals surface area contributed by atoms with Crippen molar-refractivity contribution in [2.45, 2.75) is 13.3 Å². The number of amides is 1. The molecule has 0 aromatic heterocycles. The third kappa shape index (κ3) is 1.80. The van der Waals surface area contributed by atoms with Crippen LogP contribution in [-0.2, 0) is 4.79 Å². The van der Waals surface area contributed by atoms with E-state index >= 15 is 0 Å². The van der Waals surface area contributed by atoms with Gasteiger partial charge in [-0.2, -0.15) is 0 Å². The summed E-state index contributed by atoms with van der Waals surface area (Å²) in [5.41, 5.74) is 2.14. The quantitative estimate of drug-likeness (QED) is 0.683. The molecule has 2 rings (SSSR count). The zero-order chi connectivity index (χ0) is 10.8. The van der Waals surface area contributed by atoms with Gasteiger partial charge in [-0.05, 0) is 12.0 Å². The third-order valence-corrected chi connectivity index (χ3v) is 2.85. The molecule has 0 aliphatic carbocycles. The number of allylic oxidation sites excluding steroid dienone is 1. The molecule has 0 fully saturated rings. The SMILES string of the molecule is CC1CC=C(c2ccccc2)N(C)C1=O. The van der Waals surface area contributed by atoms with Crippen LogP contribution in [0.15, 0.2) is 36.4 Å². The molecule has 2 nitrogen and oxygen atoms in total. The van der Waals surface area contributed by atoms with Crippen LogP contribution in [0.4, 0.5) is 0 Å².